The first-order valence-electron chi connectivity index (χ1n) is 4.13. The van der Waals surface area contributed by atoms with E-state index in [-0.39, 0.29) is 26.2 Å². The Morgan fingerprint density at radius 3 is 2.07 bits per heavy atom. The van der Waals surface area contributed by atoms with Gasteiger partial charge in [0.1, 0.15) is 11.5 Å². The first-order chi connectivity index (χ1) is 6.36. The molecule has 0 amide bonds. The van der Waals surface area contributed by atoms with Crippen molar-refractivity contribution >= 4 is 6.08 Å². The Bertz CT molecular complexity index is 359. The van der Waals surface area contributed by atoms with E-state index in [1.165, 1.54) is 0 Å². The molecule has 2 rings (SSSR count). The van der Waals surface area contributed by atoms with Gasteiger partial charge in [-0.1, -0.05) is 12.2 Å². The molecule has 0 aromatic heterocycles. The SMILES string of the molecule is COc1ccc(OC)c2c1[CH]C=C2.[Zr]. The van der Waals surface area contributed by atoms with Gasteiger partial charge in [0, 0.05) is 43.8 Å². The average molecular weight is 266 g/mol. The largest absolute Gasteiger partial charge is 0.496 e. The van der Waals surface area contributed by atoms with Crippen molar-refractivity contribution in [2.75, 3.05) is 14.2 Å². The number of hydrogen-bond donors (Lipinski definition) is 0. The molecule has 71 valence electrons. The van der Waals surface area contributed by atoms with Gasteiger partial charge in [0.05, 0.1) is 14.2 Å². The zero-order valence-corrected chi connectivity index (χ0v) is 10.7. The van der Waals surface area contributed by atoms with E-state index in [9.17, 15) is 0 Å². The van der Waals surface area contributed by atoms with E-state index < -0.39 is 0 Å². The summed E-state index contributed by atoms with van der Waals surface area (Å²) in [7, 11) is 3.35. The number of methoxy groups -OCH3 is 2. The van der Waals surface area contributed by atoms with Crippen molar-refractivity contribution < 1.29 is 35.7 Å². The number of ether oxygens (including phenoxy) is 2. The summed E-state index contributed by atoms with van der Waals surface area (Å²) in [6, 6.07) is 3.84. The van der Waals surface area contributed by atoms with Gasteiger partial charge < -0.3 is 9.47 Å². The van der Waals surface area contributed by atoms with Gasteiger partial charge in [0.15, 0.2) is 0 Å². The second-order valence-electron chi connectivity index (χ2n) is 2.82. The maximum absolute atomic E-state index is 5.23. The van der Waals surface area contributed by atoms with Crippen LogP contribution < -0.4 is 9.47 Å². The van der Waals surface area contributed by atoms with Gasteiger partial charge in [-0.15, -0.1) is 0 Å². The molecule has 0 N–H and O–H groups in total. The molecule has 14 heavy (non-hydrogen) atoms. The fourth-order valence-corrected chi connectivity index (χ4v) is 1.54. The van der Waals surface area contributed by atoms with Crippen molar-refractivity contribution in [3.63, 3.8) is 0 Å². The van der Waals surface area contributed by atoms with Crippen LogP contribution in [0.4, 0.5) is 0 Å². The Balaban J connectivity index is 0.000000980. The van der Waals surface area contributed by atoms with Crippen LogP contribution >= 0.6 is 0 Å². The Labute approximate surface area is 103 Å². The van der Waals surface area contributed by atoms with E-state index in [0.717, 1.165) is 22.6 Å². The van der Waals surface area contributed by atoms with Crippen LogP contribution in [0.1, 0.15) is 11.1 Å². The molecule has 3 heteroatoms. The molecule has 0 atom stereocenters. The van der Waals surface area contributed by atoms with Crippen molar-refractivity contribution in [1.82, 2.24) is 0 Å². The zero-order valence-electron chi connectivity index (χ0n) is 8.20. The molecule has 0 spiro atoms. The van der Waals surface area contributed by atoms with Gasteiger partial charge in [-0.3, -0.25) is 0 Å². The van der Waals surface area contributed by atoms with Gasteiger partial charge in [-0.25, -0.2) is 0 Å². The molecule has 0 fully saturated rings. The fourth-order valence-electron chi connectivity index (χ4n) is 1.54. The first kappa shape index (κ1) is 11.5. The monoisotopic (exact) mass is 265 g/mol. The Kier molecular flexibility index (Phi) is 3.94. The number of hydrogen-bond acceptors (Lipinski definition) is 2. The van der Waals surface area contributed by atoms with Gasteiger partial charge in [-0.05, 0) is 12.1 Å². The minimum atomic E-state index is 0. The predicted molar refractivity (Wildman–Crippen MR) is 52.0 cm³/mol. The molecule has 0 heterocycles. The normalized spacial score (nSPS) is 11.9. The molecule has 0 unspecified atom stereocenters. The van der Waals surface area contributed by atoms with Crippen LogP contribution in [0.3, 0.4) is 0 Å². The second kappa shape index (κ2) is 4.79. The number of fused-ring (bicyclic) bond motifs is 1. The molecule has 2 nitrogen and oxygen atoms in total. The molecule has 1 aromatic rings. The van der Waals surface area contributed by atoms with E-state index in [4.69, 9.17) is 9.47 Å². The third-order valence-electron chi connectivity index (χ3n) is 2.17. The van der Waals surface area contributed by atoms with Crippen LogP contribution in [-0.2, 0) is 26.2 Å². The maximum atomic E-state index is 5.23. The number of allylic oxidation sites excluding steroid dienone is 1. The smallest absolute Gasteiger partial charge is 0.126 e. The van der Waals surface area contributed by atoms with E-state index >= 15 is 0 Å². The third-order valence-corrected chi connectivity index (χ3v) is 2.17. The summed E-state index contributed by atoms with van der Waals surface area (Å²) in [5.41, 5.74) is 2.20. The Morgan fingerprint density at radius 2 is 1.50 bits per heavy atom. The van der Waals surface area contributed by atoms with Crippen LogP contribution in [0.15, 0.2) is 18.2 Å². The van der Waals surface area contributed by atoms with Gasteiger partial charge in [0.2, 0.25) is 0 Å². The summed E-state index contributed by atoms with van der Waals surface area (Å²) in [6.07, 6.45) is 6.04. The predicted octanol–water partition coefficient (Wildman–Crippen LogP) is 2.28. The molecule has 1 radical (unpaired) electrons. The van der Waals surface area contributed by atoms with Crippen molar-refractivity contribution in [3.8, 4) is 11.5 Å². The zero-order chi connectivity index (χ0) is 9.26. The van der Waals surface area contributed by atoms with Gasteiger partial charge in [-0.2, -0.15) is 0 Å². The van der Waals surface area contributed by atoms with Gasteiger partial charge in [0.25, 0.3) is 0 Å². The van der Waals surface area contributed by atoms with Crippen molar-refractivity contribution in [2.45, 2.75) is 0 Å². The van der Waals surface area contributed by atoms with E-state index in [1.807, 2.05) is 30.7 Å². The van der Waals surface area contributed by atoms with Crippen molar-refractivity contribution in [1.29, 1.82) is 0 Å². The maximum Gasteiger partial charge on any atom is 0.126 e. The molecular formula is C11H11O2Zr. The fraction of sp³-hybridized carbons (Fsp3) is 0.182. The molecule has 0 aliphatic heterocycles. The van der Waals surface area contributed by atoms with Crippen LogP contribution in [0.25, 0.3) is 6.08 Å². The minimum absolute atomic E-state index is 0. The molecule has 1 aliphatic rings. The summed E-state index contributed by atoms with van der Waals surface area (Å²) in [5.74, 6) is 1.78. The van der Waals surface area contributed by atoms with Crippen LogP contribution in [0.5, 0.6) is 11.5 Å². The minimum Gasteiger partial charge on any atom is -0.496 e. The molecule has 0 saturated carbocycles. The average Bonchev–Trinajstić information content (AvgIpc) is 2.64. The molecule has 0 saturated heterocycles. The number of benzene rings is 1. The molecule has 1 aromatic carbocycles. The van der Waals surface area contributed by atoms with Gasteiger partial charge >= 0.3 is 0 Å². The molecule has 0 bridgehead atoms. The number of rotatable bonds is 2. The second-order valence-corrected chi connectivity index (χ2v) is 2.82. The van der Waals surface area contributed by atoms with Crippen LogP contribution in [0, 0.1) is 6.42 Å². The first-order valence-corrected chi connectivity index (χ1v) is 4.13. The molecular weight excluding hydrogens is 255 g/mol. The standard InChI is InChI=1S/C11H11O2.Zr/c1-12-10-6-7-11(13-2)9-5-3-4-8(9)10;/h3-7H,1-2H3;. The van der Waals surface area contributed by atoms with Crippen LogP contribution in [0.2, 0.25) is 0 Å². The summed E-state index contributed by atoms with van der Waals surface area (Å²) in [6.45, 7) is 0. The Hall–Kier alpha value is -0.557. The summed E-state index contributed by atoms with van der Waals surface area (Å²) >= 11 is 0. The van der Waals surface area contributed by atoms with Crippen LogP contribution in [-0.4, -0.2) is 14.2 Å². The van der Waals surface area contributed by atoms with Crippen molar-refractivity contribution in [2.24, 2.45) is 0 Å². The van der Waals surface area contributed by atoms with E-state index in [0.29, 0.717) is 0 Å². The molecule has 1 aliphatic carbocycles. The quantitative estimate of drug-likeness (QED) is 0.817. The Morgan fingerprint density at radius 1 is 0.929 bits per heavy atom. The summed E-state index contributed by atoms with van der Waals surface area (Å²) in [5, 5.41) is 0. The summed E-state index contributed by atoms with van der Waals surface area (Å²) < 4.78 is 10.5. The topological polar surface area (TPSA) is 18.5 Å². The van der Waals surface area contributed by atoms with Crippen molar-refractivity contribution in [3.05, 3.63) is 35.8 Å². The van der Waals surface area contributed by atoms with E-state index in [2.05, 4.69) is 0 Å². The van der Waals surface area contributed by atoms with E-state index in [1.54, 1.807) is 14.2 Å². The summed E-state index contributed by atoms with van der Waals surface area (Å²) in [4.78, 5) is 0. The third kappa shape index (κ3) is 1.78.